The van der Waals surface area contributed by atoms with Gasteiger partial charge in [-0.05, 0) is 24.1 Å². The van der Waals surface area contributed by atoms with Crippen molar-refractivity contribution in [2.24, 2.45) is 0 Å². The Morgan fingerprint density at radius 2 is 1.80 bits per heavy atom. The summed E-state index contributed by atoms with van der Waals surface area (Å²) in [5, 5.41) is 7.24. The molecule has 1 aliphatic rings. The summed E-state index contributed by atoms with van der Waals surface area (Å²) in [5.41, 5.74) is 5.71. The maximum atomic E-state index is 13.2. The van der Waals surface area contributed by atoms with Crippen LogP contribution in [0.15, 0.2) is 66.7 Å². The van der Waals surface area contributed by atoms with Crippen molar-refractivity contribution in [2.45, 2.75) is 32.0 Å². The lowest BCUT2D eigenvalue weighted by molar-refractivity contribution is 0.0941. The van der Waals surface area contributed by atoms with Gasteiger partial charge in [0.2, 0.25) is 0 Å². The van der Waals surface area contributed by atoms with Gasteiger partial charge in [0.05, 0.1) is 11.7 Å². The molecule has 0 aliphatic heterocycles. The number of alkyl halides is 1. The first-order valence-electron chi connectivity index (χ1n) is 10.1. The topological polar surface area (TPSA) is 59.3 Å². The summed E-state index contributed by atoms with van der Waals surface area (Å²) < 4.78 is 14.9. The molecule has 0 radical (unpaired) electrons. The minimum absolute atomic E-state index is 0.240. The van der Waals surface area contributed by atoms with Gasteiger partial charge in [-0.15, -0.1) is 0 Å². The number of imidazole rings is 1. The highest BCUT2D eigenvalue weighted by molar-refractivity contribution is 5.93. The lowest BCUT2D eigenvalue weighted by atomic mass is 10.0. The smallest absolute Gasteiger partial charge is 0.272 e. The molecule has 0 unspecified atom stereocenters. The van der Waals surface area contributed by atoms with Crippen LogP contribution >= 0.6 is 0 Å². The molecule has 0 spiro atoms. The number of fused-ring (bicyclic) bond motifs is 1. The summed E-state index contributed by atoms with van der Waals surface area (Å²) in [6.45, 7) is 2.12. The van der Waals surface area contributed by atoms with Crippen LogP contribution in [0.4, 0.5) is 4.39 Å². The average molecular weight is 400 g/mol. The van der Waals surface area contributed by atoms with Crippen LogP contribution in [0.3, 0.4) is 0 Å². The number of rotatable bonds is 5. The zero-order chi connectivity index (χ0) is 20.7. The molecular formula is C24H21FN4O. The maximum Gasteiger partial charge on any atom is 0.272 e. The third-order valence-corrected chi connectivity index (χ3v) is 5.42. The highest BCUT2D eigenvalue weighted by Crippen LogP contribution is 2.32. The first-order valence-corrected chi connectivity index (χ1v) is 10.1. The summed E-state index contributed by atoms with van der Waals surface area (Å²) in [7, 11) is 0. The number of nitrogens with zero attached hydrogens (tertiary/aromatic N) is 3. The minimum atomic E-state index is -0.955. The molecule has 2 atom stereocenters. The van der Waals surface area contributed by atoms with Crippen molar-refractivity contribution in [1.82, 2.24) is 19.9 Å². The highest BCUT2D eigenvalue weighted by Gasteiger charge is 2.39. The molecule has 1 saturated carbocycles. The van der Waals surface area contributed by atoms with Crippen LogP contribution < -0.4 is 5.32 Å². The van der Waals surface area contributed by atoms with E-state index in [-0.39, 0.29) is 11.6 Å². The molecule has 4 aromatic rings. The number of carbonyl (C=O) groups is 1. The van der Waals surface area contributed by atoms with E-state index in [0.717, 1.165) is 28.9 Å². The Hall–Kier alpha value is -3.54. The molecule has 2 heterocycles. The molecule has 30 heavy (non-hydrogen) atoms. The number of aryl methyl sites for hydroxylation is 1. The molecule has 0 saturated heterocycles. The highest BCUT2D eigenvalue weighted by atomic mass is 19.1. The third kappa shape index (κ3) is 3.34. The number of benzene rings is 2. The predicted molar refractivity (Wildman–Crippen MR) is 114 cm³/mol. The van der Waals surface area contributed by atoms with Gasteiger partial charge >= 0.3 is 0 Å². The van der Waals surface area contributed by atoms with Crippen LogP contribution in [0.25, 0.3) is 28.2 Å². The van der Waals surface area contributed by atoms with E-state index >= 15 is 0 Å². The fraction of sp³-hybridized carbons (Fsp3) is 0.208. The Bertz CT molecular complexity index is 1220. The number of hydrogen-bond donors (Lipinski definition) is 1. The van der Waals surface area contributed by atoms with Crippen LogP contribution in [0, 0.1) is 0 Å². The first kappa shape index (κ1) is 18.5. The molecule has 5 nitrogen and oxygen atoms in total. The molecule has 1 N–H and O–H groups in total. The monoisotopic (exact) mass is 400 g/mol. The molecular weight excluding hydrogens is 379 g/mol. The standard InChI is InChI=1S/C24H21FN4O/c1-2-15-8-10-16(11-9-15)22-23(17-6-4-3-5-7-17)29-21(27-22)13-12-19(28-29)24(30)26-20-14-18(20)25/h3-13,18,20H,2,14H2,1H3,(H,26,30)/t18-,20+/m0/s1. The summed E-state index contributed by atoms with van der Waals surface area (Å²) in [4.78, 5) is 17.3. The minimum Gasteiger partial charge on any atom is -0.345 e. The maximum absolute atomic E-state index is 13.2. The summed E-state index contributed by atoms with van der Waals surface area (Å²) in [6, 6.07) is 21.2. The van der Waals surface area contributed by atoms with E-state index in [0.29, 0.717) is 12.1 Å². The molecule has 6 heteroatoms. The van der Waals surface area contributed by atoms with Crippen molar-refractivity contribution in [3.8, 4) is 22.5 Å². The quantitative estimate of drug-likeness (QED) is 0.538. The van der Waals surface area contributed by atoms with Gasteiger partial charge in [0, 0.05) is 17.5 Å². The van der Waals surface area contributed by atoms with Crippen LogP contribution in [0.5, 0.6) is 0 Å². The van der Waals surface area contributed by atoms with E-state index in [9.17, 15) is 9.18 Å². The molecule has 150 valence electrons. The van der Waals surface area contributed by atoms with Crippen LogP contribution in [0.2, 0.25) is 0 Å². The van der Waals surface area contributed by atoms with Crippen molar-refractivity contribution in [1.29, 1.82) is 0 Å². The molecule has 1 amide bonds. The second-order valence-electron chi connectivity index (χ2n) is 7.55. The van der Waals surface area contributed by atoms with E-state index in [4.69, 9.17) is 4.98 Å². The Labute approximate surface area is 173 Å². The number of hydrogen-bond acceptors (Lipinski definition) is 3. The Morgan fingerprint density at radius 3 is 2.47 bits per heavy atom. The lowest BCUT2D eigenvalue weighted by Crippen LogP contribution is -2.28. The molecule has 2 aromatic heterocycles. The average Bonchev–Trinajstić information content (AvgIpc) is 3.34. The van der Waals surface area contributed by atoms with Gasteiger partial charge < -0.3 is 5.32 Å². The number of carbonyl (C=O) groups excluding carboxylic acids is 1. The van der Waals surface area contributed by atoms with Gasteiger partial charge in [-0.3, -0.25) is 4.79 Å². The van der Waals surface area contributed by atoms with E-state index < -0.39 is 12.2 Å². The molecule has 1 aliphatic carbocycles. The third-order valence-electron chi connectivity index (χ3n) is 5.42. The van der Waals surface area contributed by atoms with Gasteiger partial charge in [-0.1, -0.05) is 61.5 Å². The number of amides is 1. The normalized spacial score (nSPS) is 17.8. The first-order chi connectivity index (χ1) is 14.6. The van der Waals surface area contributed by atoms with Crippen molar-refractivity contribution < 1.29 is 9.18 Å². The Balaban J connectivity index is 1.64. The zero-order valence-corrected chi connectivity index (χ0v) is 16.5. The second kappa shape index (κ2) is 7.37. The summed E-state index contributed by atoms with van der Waals surface area (Å²) >= 11 is 0. The predicted octanol–water partition coefficient (Wildman–Crippen LogP) is 4.47. The fourth-order valence-corrected chi connectivity index (χ4v) is 3.56. The Kier molecular flexibility index (Phi) is 4.54. The Morgan fingerprint density at radius 1 is 1.07 bits per heavy atom. The fourth-order valence-electron chi connectivity index (χ4n) is 3.56. The van der Waals surface area contributed by atoms with Crippen molar-refractivity contribution in [3.63, 3.8) is 0 Å². The van der Waals surface area contributed by atoms with Gasteiger partial charge in [-0.2, -0.15) is 5.10 Å². The largest absolute Gasteiger partial charge is 0.345 e. The summed E-state index contributed by atoms with van der Waals surface area (Å²) in [6.07, 6.45) is 0.382. The lowest BCUT2D eigenvalue weighted by Gasteiger charge is -2.07. The van der Waals surface area contributed by atoms with Crippen LogP contribution in [-0.2, 0) is 6.42 Å². The van der Waals surface area contributed by atoms with Crippen molar-refractivity contribution in [2.75, 3.05) is 0 Å². The summed E-state index contributed by atoms with van der Waals surface area (Å²) in [5.74, 6) is -0.372. The van der Waals surface area contributed by atoms with Gasteiger partial charge in [0.1, 0.15) is 17.6 Å². The second-order valence-corrected chi connectivity index (χ2v) is 7.55. The zero-order valence-electron chi connectivity index (χ0n) is 16.5. The molecule has 1 fully saturated rings. The molecule has 2 aromatic carbocycles. The van der Waals surface area contributed by atoms with Gasteiger partial charge in [0.15, 0.2) is 5.65 Å². The molecule has 0 bridgehead atoms. The van der Waals surface area contributed by atoms with Crippen molar-refractivity contribution in [3.05, 3.63) is 78.0 Å². The number of halogens is 1. The van der Waals surface area contributed by atoms with Gasteiger partial charge in [-0.25, -0.2) is 13.9 Å². The van der Waals surface area contributed by atoms with Crippen LogP contribution in [0.1, 0.15) is 29.4 Å². The molecule has 5 rings (SSSR count). The van der Waals surface area contributed by atoms with E-state index in [1.807, 2.05) is 30.3 Å². The van der Waals surface area contributed by atoms with Crippen LogP contribution in [-0.4, -0.2) is 32.7 Å². The number of aromatic nitrogens is 3. The number of nitrogens with one attached hydrogen (secondary N) is 1. The SMILES string of the molecule is CCc1ccc(-c2nc3ccc(C(=O)N[C@@H]4C[C@@H]4F)nn3c2-c2ccccc2)cc1. The van der Waals surface area contributed by atoms with Gasteiger partial charge in [0.25, 0.3) is 5.91 Å². The van der Waals surface area contributed by atoms with E-state index in [1.54, 1.807) is 16.6 Å². The van der Waals surface area contributed by atoms with E-state index in [1.165, 1.54) is 5.56 Å². The van der Waals surface area contributed by atoms with Crippen molar-refractivity contribution >= 4 is 11.6 Å². The van der Waals surface area contributed by atoms with E-state index in [2.05, 4.69) is 41.6 Å².